The van der Waals surface area contributed by atoms with Gasteiger partial charge in [0.1, 0.15) is 5.75 Å². The minimum Gasteiger partial charge on any atom is -0.497 e. The lowest BCUT2D eigenvalue weighted by atomic mass is 10.1. The van der Waals surface area contributed by atoms with Gasteiger partial charge in [-0.15, -0.1) is 0 Å². The van der Waals surface area contributed by atoms with Gasteiger partial charge in [-0.25, -0.2) is 19.2 Å². The smallest absolute Gasteiger partial charge is 0.414 e. The van der Waals surface area contributed by atoms with Crippen LogP contribution in [-0.4, -0.2) is 135 Å². The van der Waals surface area contributed by atoms with Crippen molar-refractivity contribution in [2.75, 3.05) is 59.6 Å². The molecule has 0 unspecified atom stereocenters. The first kappa shape index (κ1) is 40.1. The van der Waals surface area contributed by atoms with Crippen LogP contribution in [-0.2, 0) is 35.1 Å². The van der Waals surface area contributed by atoms with Crippen LogP contribution in [0, 0.1) is 6.92 Å². The van der Waals surface area contributed by atoms with E-state index in [0.717, 1.165) is 56.6 Å². The summed E-state index contributed by atoms with van der Waals surface area (Å²) in [5, 5.41) is 40.0. The third-order valence-electron chi connectivity index (χ3n) is 7.29. The van der Waals surface area contributed by atoms with Crippen molar-refractivity contribution in [3.05, 3.63) is 64.3 Å². The Bertz CT molecular complexity index is 1580. The topological polar surface area (TPSA) is 233 Å². The highest BCUT2D eigenvalue weighted by molar-refractivity contribution is 6.30. The lowest BCUT2D eigenvalue weighted by Gasteiger charge is -2.34. The number of carboxylic acid groups (broad SMARTS) is 4. The normalized spacial score (nSPS) is 12.9. The summed E-state index contributed by atoms with van der Waals surface area (Å²) in [6.07, 6.45) is 0.825. The maximum Gasteiger partial charge on any atom is 0.414 e. The molecule has 0 spiro atoms. The van der Waals surface area contributed by atoms with Crippen LogP contribution in [0.2, 0.25) is 5.02 Å². The van der Waals surface area contributed by atoms with Crippen molar-refractivity contribution in [1.29, 1.82) is 0 Å². The number of aliphatic hydroxyl groups is 1. The molecule has 0 atom stereocenters. The maximum absolute atomic E-state index is 13.4. The van der Waals surface area contributed by atoms with Crippen LogP contribution in [0.4, 0.5) is 0 Å². The molecule has 16 nitrogen and oxygen atoms in total. The van der Waals surface area contributed by atoms with E-state index >= 15 is 0 Å². The molecule has 3 aromatic rings. The van der Waals surface area contributed by atoms with Gasteiger partial charge in [0.05, 0.1) is 32.3 Å². The number of nitrogens with zero attached hydrogens (tertiary/aromatic N) is 3. The number of aromatic nitrogens is 1. The number of rotatable bonds is 10. The van der Waals surface area contributed by atoms with Crippen LogP contribution in [0.1, 0.15) is 28.0 Å². The number of fused-ring (bicyclic) bond motifs is 1. The molecule has 1 aliphatic rings. The van der Waals surface area contributed by atoms with Crippen molar-refractivity contribution in [2.24, 2.45) is 0 Å². The fourth-order valence-electron chi connectivity index (χ4n) is 4.84. The van der Waals surface area contributed by atoms with Crippen LogP contribution >= 0.6 is 11.6 Å². The molecule has 0 aliphatic carbocycles. The van der Waals surface area contributed by atoms with E-state index < -0.39 is 23.9 Å². The molecular weight excluding hydrogens is 670 g/mol. The number of benzene rings is 2. The molecule has 1 aromatic heterocycles. The van der Waals surface area contributed by atoms with Gasteiger partial charge in [0.15, 0.2) is 0 Å². The number of halogens is 1. The molecule has 2 aromatic carbocycles. The molecule has 4 rings (SSSR count). The number of hydrogen-bond donors (Lipinski definition) is 5. The third-order valence-corrected chi connectivity index (χ3v) is 7.54. The first-order valence-corrected chi connectivity index (χ1v) is 15.2. The van der Waals surface area contributed by atoms with Gasteiger partial charge >= 0.3 is 29.8 Å². The minimum atomic E-state index is -1.82. The van der Waals surface area contributed by atoms with Gasteiger partial charge in [-0.2, -0.15) is 0 Å². The summed E-state index contributed by atoms with van der Waals surface area (Å²) in [6, 6.07) is 12.3. The van der Waals surface area contributed by atoms with E-state index in [1.165, 1.54) is 0 Å². The Kier molecular flexibility index (Phi) is 16.1. The number of methoxy groups -OCH3 is 1. The number of aliphatic carboxylic acids is 4. The number of carbonyl (C=O) groups is 6. The van der Waals surface area contributed by atoms with E-state index in [1.807, 2.05) is 19.1 Å². The first-order chi connectivity index (χ1) is 23.2. The van der Waals surface area contributed by atoms with Gasteiger partial charge in [-0.3, -0.25) is 19.1 Å². The van der Waals surface area contributed by atoms with E-state index in [1.54, 1.807) is 42.0 Å². The maximum atomic E-state index is 13.4. The number of carbonyl (C=O) groups excluding carboxylic acids is 2. The Balaban J connectivity index is 0.000000594. The predicted molar refractivity (Wildman–Crippen MR) is 174 cm³/mol. The molecule has 1 fully saturated rings. The molecule has 0 radical (unpaired) electrons. The number of carboxylic acids is 4. The monoisotopic (exact) mass is 707 g/mol. The number of esters is 1. The van der Waals surface area contributed by atoms with Crippen LogP contribution in [0.15, 0.2) is 42.5 Å². The Morgan fingerprint density at radius 3 is 1.82 bits per heavy atom. The minimum absolute atomic E-state index is 0.0657. The van der Waals surface area contributed by atoms with Crippen molar-refractivity contribution in [1.82, 2.24) is 14.4 Å². The first-order valence-electron chi connectivity index (χ1n) is 14.8. The van der Waals surface area contributed by atoms with Gasteiger partial charge in [-0.1, -0.05) is 11.6 Å². The molecule has 17 heteroatoms. The summed E-state index contributed by atoms with van der Waals surface area (Å²) in [6.45, 7) is 7.77. The molecule has 1 saturated heterocycles. The molecule has 0 bridgehead atoms. The van der Waals surface area contributed by atoms with E-state index in [4.69, 9.17) is 65.8 Å². The highest BCUT2D eigenvalue weighted by Gasteiger charge is 2.23. The highest BCUT2D eigenvalue weighted by atomic mass is 35.5. The molecule has 2 heterocycles. The van der Waals surface area contributed by atoms with E-state index in [2.05, 4.69) is 9.80 Å². The van der Waals surface area contributed by atoms with Crippen molar-refractivity contribution in [2.45, 2.75) is 19.8 Å². The van der Waals surface area contributed by atoms with E-state index in [-0.39, 0.29) is 24.9 Å². The fourth-order valence-corrected chi connectivity index (χ4v) is 4.97. The summed E-state index contributed by atoms with van der Waals surface area (Å²) in [4.78, 5) is 67.2. The quantitative estimate of drug-likeness (QED) is 0.115. The molecule has 0 saturated carbocycles. The van der Waals surface area contributed by atoms with Crippen LogP contribution in [0.25, 0.3) is 10.9 Å². The summed E-state index contributed by atoms with van der Waals surface area (Å²) >= 11 is 6.00. The summed E-state index contributed by atoms with van der Waals surface area (Å²) in [7, 11) is 1.59. The van der Waals surface area contributed by atoms with Crippen LogP contribution in [0.5, 0.6) is 5.75 Å². The number of ether oxygens (including phenoxy) is 2. The average Bonchev–Trinajstić information content (AvgIpc) is 3.34. The Morgan fingerprint density at radius 2 is 1.33 bits per heavy atom. The van der Waals surface area contributed by atoms with Gasteiger partial charge < -0.3 is 39.9 Å². The SMILES string of the molecule is COc1ccc2c(c1)c(CC(=O)OCCCN1CCN(CCO)CC1)c(C)n2C(=O)c1ccc(Cl)cc1.O=C(O)C(=O)O.O=C(O)C(=O)O. The zero-order valence-corrected chi connectivity index (χ0v) is 27.6. The largest absolute Gasteiger partial charge is 0.497 e. The molecule has 0 amide bonds. The van der Waals surface area contributed by atoms with Gasteiger partial charge in [0, 0.05) is 60.9 Å². The second-order valence-corrected chi connectivity index (χ2v) is 10.9. The zero-order chi connectivity index (χ0) is 36.7. The van der Waals surface area contributed by atoms with E-state index in [0.29, 0.717) is 34.2 Å². The Labute approximate surface area is 285 Å². The number of piperazine rings is 1. The van der Waals surface area contributed by atoms with E-state index in [9.17, 15) is 9.59 Å². The van der Waals surface area contributed by atoms with Crippen LogP contribution in [0.3, 0.4) is 0 Å². The molecule has 1 aliphatic heterocycles. The van der Waals surface area contributed by atoms with Gasteiger partial charge in [0.2, 0.25) is 0 Å². The van der Waals surface area contributed by atoms with Crippen molar-refractivity contribution in [3.8, 4) is 5.75 Å². The number of β-amino-alcohol motifs (C(OH)–C–C–N with tert-alkyl or cyclic N) is 1. The zero-order valence-electron chi connectivity index (χ0n) is 26.8. The molecule has 266 valence electrons. The van der Waals surface area contributed by atoms with Gasteiger partial charge in [0.25, 0.3) is 5.91 Å². The summed E-state index contributed by atoms with van der Waals surface area (Å²) in [5.74, 6) is -7.16. The lowest BCUT2D eigenvalue weighted by Crippen LogP contribution is -2.47. The number of hydrogen-bond acceptors (Lipinski definition) is 11. The Morgan fingerprint density at radius 1 is 0.796 bits per heavy atom. The van der Waals surface area contributed by atoms with Crippen LogP contribution < -0.4 is 4.74 Å². The van der Waals surface area contributed by atoms with Gasteiger partial charge in [-0.05, 0) is 61.4 Å². The average molecular weight is 708 g/mol. The molecule has 5 N–H and O–H groups in total. The molecule has 49 heavy (non-hydrogen) atoms. The standard InChI is InChI=1S/C28H34ClN3O5.2C2H2O4/c1-20-24(19-27(34)37-17-3-10-30-11-13-31(14-12-30)15-16-33)25-18-23(36-2)8-9-26(25)32(20)28(35)21-4-6-22(29)7-5-21;2*3-1(4)2(5)6/h4-9,18,33H,3,10-17,19H2,1-2H3;2*(H,3,4)(H,5,6). The Hall–Kier alpha value is -5.03. The van der Waals surface area contributed by atoms with Crippen molar-refractivity contribution in [3.63, 3.8) is 0 Å². The van der Waals surface area contributed by atoms with Crippen molar-refractivity contribution >= 4 is 58.3 Å². The van der Waals surface area contributed by atoms with Crippen molar-refractivity contribution < 1.29 is 63.8 Å². The second kappa shape index (κ2) is 19.7. The predicted octanol–water partition coefficient (Wildman–Crippen LogP) is 1.70. The number of aliphatic hydroxyl groups excluding tert-OH is 1. The third kappa shape index (κ3) is 12.5. The lowest BCUT2D eigenvalue weighted by molar-refractivity contribution is -0.159. The second-order valence-electron chi connectivity index (χ2n) is 10.5. The fraction of sp³-hybridized carbons (Fsp3) is 0.375. The summed E-state index contributed by atoms with van der Waals surface area (Å²) in [5.41, 5.74) is 2.66. The highest BCUT2D eigenvalue weighted by Crippen LogP contribution is 2.31. The molecular formula is C32H38ClN3O13. The summed E-state index contributed by atoms with van der Waals surface area (Å²) < 4.78 is 12.6.